The summed E-state index contributed by atoms with van der Waals surface area (Å²) in [6.45, 7) is 0.470. The second-order valence-electron chi connectivity index (χ2n) is 8.58. The number of anilines is 1. The number of aromatic nitrogens is 1. The van der Waals surface area contributed by atoms with Gasteiger partial charge in [0.25, 0.3) is 11.8 Å². The molecule has 176 valence electrons. The molecule has 0 spiro atoms. The van der Waals surface area contributed by atoms with Gasteiger partial charge in [0.15, 0.2) is 0 Å². The van der Waals surface area contributed by atoms with Crippen LogP contribution in [0.25, 0.3) is 22.2 Å². The Bertz CT molecular complexity index is 1530. The standard InChI is InChI=1S/C31H25N3O2/c1-34(21-22-12-4-2-5-13-22)31(36)25-17-9-11-19-28(25)33-30(35)26-20-29(23-14-6-3-7-15-23)32-27-18-10-8-16-24(26)27/h2-20H,21H2,1H3,(H,33,35). The number of benzene rings is 4. The molecular weight excluding hydrogens is 446 g/mol. The van der Waals surface area contributed by atoms with Gasteiger partial charge in [0.05, 0.1) is 28.0 Å². The Hall–Kier alpha value is -4.77. The van der Waals surface area contributed by atoms with E-state index in [2.05, 4.69) is 5.32 Å². The summed E-state index contributed by atoms with van der Waals surface area (Å²) in [6.07, 6.45) is 0. The van der Waals surface area contributed by atoms with E-state index in [1.54, 1.807) is 36.2 Å². The Morgan fingerprint density at radius 1 is 0.750 bits per heavy atom. The van der Waals surface area contributed by atoms with Gasteiger partial charge in [0, 0.05) is 24.5 Å². The third kappa shape index (κ3) is 4.86. The highest BCUT2D eigenvalue weighted by Crippen LogP contribution is 2.26. The molecule has 0 saturated heterocycles. The van der Waals surface area contributed by atoms with E-state index in [4.69, 9.17) is 4.98 Å². The lowest BCUT2D eigenvalue weighted by molar-refractivity contribution is 0.0786. The summed E-state index contributed by atoms with van der Waals surface area (Å²) in [4.78, 5) is 33.3. The van der Waals surface area contributed by atoms with E-state index in [0.29, 0.717) is 29.1 Å². The van der Waals surface area contributed by atoms with Crippen molar-refractivity contribution in [3.05, 3.63) is 132 Å². The summed E-state index contributed by atoms with van der Waals surface area (Å²) in [6, 6.07) is 36.1. The second kappa shape index (κ2) is 10.2. The highest BCUT2D eigenvalue weighted by Gasteiger charge is 2.19. The topological polar surface area (TPSA) is 62.3 Å². The second-order valence-corrected chi connectivity index (χ2v) is 8.58. The predicted octanol–water partition coefficient (Wildman–Crippen LogP) is 6.43. The molecule has 0 aliphatic heterocycles. The summed E-state index contributed by atoms with van der Waals surface area (Å²) in [5, 5.41) is 3.73. The van der Waals surface area contributed by atoms with E-state index < -0.39 is 0 Å². The van der Waals surface area contributed by atoms with Crippen molar-refractivity contribution in [1.29, 1.82) is 0 Å². The maximum Gasteiger partial charge on any atom is 0.256 e. The van der Waals surface area contributed by atoms with Gasteiger partial charge in [-0.2, -0.15) is 0 Å². The van der Waals surface area contributed by atoms with Crippen LogP contribution in [-0.2, 0) is 6.54 Å². The number of amides is 2. The number of carbonyl (C=O) groups excluding carboxylic acids is 2. The Labute approximate surface area is 210 Å². The molecular formula is C31H25N3O2. The fraction of sp³-hybridized carbons (Fsp3) is 0.0645. The molecule has 1 N–H and O–H groups in total. The smallest absolute Gasteiger partial charge is 0.256 e. The zero-order valence-electron chi connectivity index (χ0n) is 19.9. The molecule has 0 aliphatic rings. The minimum Gasteiger partial charge on any atom is -0.337 e. The van der Waals surface area contributed by atoms with Gasteiger partial charge >= 0.3 is 0 Å². The number of nitrogens with one attached hydrogen (secondary N) is 1. The lowest BCUT2D eigenvalue weighted by Crippen LogP contribution is -2.27. The first-order chi connectivity index (χ1) is 17.6. The van der Waals surface area contributed by atoms with Crippen LogP contribution in [0.3, 0.4) is 0 Å². The minimum atomic E-state index is -0.295. The molecule has 2 amide bonds. The van der Waals surface area contributed by atoms with Crippen LogP contribution in [0.2, 0.25) is 0 Å². The van der Waals surface area contributed by atoms with Crippen molar-refractivity contribution in [2.75, 3.05) is 12.4 Å². The van der Waals surface area contributed by atoms with Crippen LogP contribution in [0.1, 0.15) is 26.3 Å². The molecule has 0 fully saturated rings. The average molecular weight is 472 g/mol. The zero-order chi connectivity index (χ0) is 24.9. The van der Waals surface area contributed by atoms with Crippen molar-refractivity contribution in [3.8, 4) is 11.3 Å². The van der Waals surface area contributed by atoms with Crippen molar-refractivity contribution >= 4 is 28.4 Å². The van der Waals surface area contributed by atoms with E-state index in [-0.39, 0.29) is 11.8 Å². The van der Waals surface area contributed by atoms with Crippen LogP contribution in [0.15, 0.2) is 115 Å². The minimum absolute atomic E-state index is 0.167. The predicted molar refractivity (Wildman–Crippen MR) is 144 cm³/mol. The van der Waals surface area contributed by atoms with Gasteiger partial charge in [-0.1, -0.05) is 91.0 Å². The molecule has 36 heavy (non-hydrogen) atoms. The summed E-state index contributed by atoms with van der Waals surface area (Å²) in [5.41, 5.74) is 4.81. The molecule has 5 aromatic rings. The number of pyridine rings is 1. The van der Waals surface area contributed by atoms with Crippen molar-refractivity contribution in [2.45, 2.75) is 6.54 Å². The van der Waals surface area contributed by atoms with Crippen LogP contribution in [0, 0.1) is 0 Å². The van der Waals surface area contributed by atoms with E-state index in [0.717, 1.165) is 22.0 Å². The van der Waals surface area contributed by atoms with Gasteiger partial charge in [-0.05, 0) is 29.8 Å². The summed E-state index contributed by atoms with van der Waals surface area (Å²) < 4.78 is 0. The normalized spacial score (nSPS) is 10.7. The molecule has 5 rings (SSSR count). The molecule has 0 atom stereocenters. The third-order valence-electron chi connectivity index (χ3n) is 6.05. The SMILES string of the molecule is CN(Cc1ccccc1)C(=O)c1ccccc1NC(=O)c1cc(-c2ccccc2)nc2ccccc12. The molecule has 5 nitrogen and oxygen atoms in total. The Morgan fingerprint density at radius 3 is 2.17 bits per heavy atom. The Balaban J connectivity index is 1.47. The first-order valence-corrected chi connectivity index (χ1v) is 11.7. The van der Waals surface area contributed by atoms with Crippen molar-refractivity contribution in [3.63, 3.8) is 0 Å². The van der Waals surface area contributed by atoms with Gasteiger partial charge in [0.1, 0.15) is 0 Å². The zero-order valence-corrected chi connectivity index (χ0v) is 19.9. The Morgan fingerprint density at radius 2 is 1.39 bits per heavy atom. The van der Waals surface area contributed by atoms with E-state index in [1.807, 2.05) is 91.0 Å². The Kier molecular flexibility index (Phi) is 6.54. The number of rotatable bonds is 6. The molecule has 0 aliphatic carbocycles. The molecule has 0 unspecified atom stereocenters. The largest absolute Gasteiger partial charge is 0.337 e. The highest BCUT2D eigenvalue weighted by molar-refractivity contribution is 6.15. The van der Waals surface area contributed by atoms with Gasteiger partial charge in [-0.25, -0.2) is 4.98 Å². The van der Waals surface area contributed by atoms with Gasteiger partial charge < -0.3 is 10.2 Å². The van der Waals surface area contributed by atoms with E-state index in [9.17, 15) is 9.59 Å². The van der Waals surface area contributed by atoms with Gasteiger partial charge in [-0.15, -0.1) is 0 Å². The van der Waals surface area contributed by atoms with Crippen LogP contribution in [0.5, 0.6) is 0 Å². The van der Waals surface area contributed by atoms with Crippen molar-refractivity contribution in [2.24, 2.45) is 0 Å². The van der Waals surface area contributed by atoms with Crippen LogP contribution < -0.4 is 5.32 Å². The first-order valence-electron chi connectivity index (χ1n) is 11.7. The van der Waals surface area contributed by atoms with Crippen molar-refractivity contribution < 1.29 is 9.59 Å². The van der Waals surface area contributed by atoms with E-state index in [1.165, 1.54) is 0 Å². The van der Waals surface area contributed by atoms with Crippen LogP contribution >= 0.6 is 0 Å². The van der Waals surface area contributed by atoms with Crippen molar-refractivity contribution in [1.82, 2.24) is 9.88 Å². The first kappa shape index (κ1) is 23.0. The number of fused-ring (bicyclic) bond motifs is 1. The number of carbonyl (C=O) groups is 2. The number of nitrogens with zero attached hydrogens (tertiary/aromatic N) is 2. The third-order valence-corrected chi connectivity index (χ3v) is 6.05. The van der Waals surface area contributed by atoms with E-state index >= 15 is 0 Å². The lowest BCUT2D eigenvalue weighted by Gasteiger charge is -2.19. The maximum absolute atomic E-state index is 13.6. The highest BCUT2D eigenvalue weighted by atomic mass is 16.2. The number of para-hydroxylation sites is 2. The fourth-order valence-electron chi connectivity index (χ4n) is 4.22. The van der Waals surface area contributed by atoms with Gasteiger partial charge in [-0.3, -0.25) is 9.59 Å². The summed E-state index contributed by atoms with van der Waals surface area (Å²) >= 11 is 0. The maximum atomic E-state index is 13.6. The molecule has 1 aromatic heterocycles. The average Bonchev–Trinajstić information content (AvgIpc) is 2.93. The summed E-state index contributed by atoms with van der Waals surface area (Å²) in [5.74, 6) is -0.462. The summed E-state index contributed by atoms with van der Waals surface area (Å²) in [7, 11) is 1.76. The van der Waals surface area contributed by atoms with Gasteiger partial charge in [0.2, 0.25) is 0 Å². The van der Waals surface area contributed by atoms with Crippen LogP contribution in [-0.4, -0.2) is 28.7 Å². The monoisotopic (exact) mass is 471 g/mol. The molecule has 0 saturated carbocycles. The molecule has 5 heteroatoms. The molecule has 1 heterocycles. The lowest BCUT2D eigenvalue weighted by atomic mass is 10.0. The van der Waals surface area contributed by atoms with Crippen LogP contribution in [0.4, 0.5) is 5.69 Å². The number of hydrogen-bond donors (Lipinski definition) is 1. The fourth-order valence-corrected chi connectivity index (χ4v) is 4.22. The molecule has 0 bridgehead atoms. The molecule has 4 aromatic carbocycles. The quantitative estimate of drug-likeness (QED) is 0.311. The number of hydrogen-bond acceptors (Lipinski definition) is 3. The molecule has 0 radical (unpaired) electrons.